The summed E-state index contributed by atoms with van der Waals surface area (Å²) in [6, 6.07) is 5.39. The maximum absolute atomic E-state index is 12.3. The van der Waals surface area contributed by atoms with Gasteiger partial charge in [0.15, 0.2) is 5.78 Å². The molecule has 2 heterocycles. The molecule has 5 heteroatoms. The van der Waals surface area contributed by atoms with Gasteiger partial charge in [0.1, 0.15) is 5.92 Å². The molecule has 2 aromatic heterocycles. The minimum atomic E-state index is -0.809. The van der Waals surface area contributed by atoms with Crippen molar-refractivity contribution < 1.29 is 4.79 Å². The van der Waals surface area contributed by atoms with E-state index in [9.17, 15) is 10.1 Å². The Morgan fingerprint density at radius 1 is 1.44 bits per heavy atom. The number of rotatable bonds is 3. The van der Waals surface area contributed by atoms with Crippen LogP contribution in [0.2, 0.25) is 0 Å². The van der Waals surface area contributed by atoms with Crippen molar-refractivity contribution in [1.29, 1.82) is 5.26 Å². The van der Waals surface area contributed by atoms with Crippen LogP contribution in [0.25, 0.3) is 0 Å². The second-order valence-corrected chi connectivity index (χ2v) is 4.01. The van der Waals surface area contributed by atoms with Crippen LogP contribution in [0, 0.1) is 18.3 Å². The first kappa shape index (κ1) is 12.0. The van der Waals surface area contributed by atoms with E-state index in [1.165, 1.54) is 0 Å². The maximum atomic E-state index is 12.3. The predicted molar refractivity (Wildman–Crippen MR) is 64.9 cm³/mol. The molecule has 0 amide bonds. The van der Waals surface area contributed by atoms with Gasteiger partial charge in [0.05, 0.1) is 17.3 Å². The highest BCUT2D eigenvalue weighted by atomic mass is 16.1. The number of carbonyl (C=O) groups excluding carboxylic acids is 1. The van der Waals surface area contributed by atoms with E-state index in [2.05, 4.69) is 10.1 Å². The number of carbonyl (C=O) groups is 1. The van der Waals surface area contributed by atoms with Crippen LogP contribution in [-0.4, -0.2) is 20.5 Å². The highest BCUT2D eigenvalue weighted by molar-refractivity contribution is 6.03. The van der Waals surface area contributed by atoms with Gasteiger partial charge in [-0.3, -0.25) is 14.5 Å². The lowest BCUT2D eigenvalue weighted by Gasteiger charge is -2.06. The van der Waals surface area contributed by atoms with Gasteiger partial charge < -0.3 is 0 Å². The fourth-order valence-corrected chi connectivity index (χ4v) is 1.84. The standard InChI is InChI=1S/C13H12N4O/c1-9-12(8-17(2)16-9)13(18)11(7-14)10-3-5-15-6-4-10/h3-6,8,11H,1-2H3. The summed E-state index contributed by atoms with van der Waals surface area (Å²) in [7, 11) is 1.75. The van der Waals surface area contributed by atoms with Gasteiger partial charge in [-0.1, -0.05) is 0 Å². The third-order valence-corrected chi connectivity index (χ3v) is 2.71. The predicted octanol–water partition coefficient (Wildman–Crippen LogP) is 1.61. The molecule has 0 N–H and O–H groups in total. The molecule has 0 radical (unpaired) electrons. The molecule has 0 bridgehead atoms. The summed E-state index contributed by atoms with van der Waals surface area (Å²) in [6.45, 7) is 1.76. The number of nitriles is 1. The number of aromatic nitrogens is 3. The van der Waals surface area contributed by atoms with Crippen molar-refractivity contribution in [2.45, 2.75) is 12.8 Å². The number of nitrogens with zero attached hydrogens (tertiary/aromatic N) is 4. The first-order chi connectivity index (χ1) is 8.63. The average molecular weight is 240 g/mol. The Hall–Kier alpha value is -2.48. The number of aryl methyl sites for hydroxylation is 2. The van der Waals surface area contributed by atoms with E-state index in [4.69, 9.17) is 0 Å². The Bertz CT molecular complexity index is 610. The maximum Gasteiger partial charge on any atom is 0.187 e. The lowest BCUT2D eigenvalue weighted by Crippen LogP contribution is -2.11. The fourth-order valence-electron chi connectivity index (χ4n) is 1.84. The Kier molecular flexibility index (Phi) is 3.20. The van der Waals surface area contributed by atoms with Crippen LogP contribution in [0.4, 0.5) is 0 Å². The Balaban J connectivity index is 2.39. The third kappa shape index (κ3) is 2.13. The summed E-state index contributed by atoms with van der Waals surface area (Å²) in [5.41, 5.74) is 1.78. The minimum Gasteiger partial charge on any atom is -0.292 e. The van der Waals surface area contributed by atoms with Gasteiger partial charge in [0, 0.05) is 25.6 Å². The summed E-state index contributed by atoms with van der Waals surface area (Å²) < 4.78 is 1.57. The van der Waals surface area contributed by atoms with Crippen LogP contribution in [0.1, 0.15) is 27.5 Å². The molecule has 2 aromatic rings. The van der Waals surface area contributed by atoms with Gasteiger partial charge in [-0.25, -0.2) is 0 Å². The molecule has 0 fully saturated rings. The summed E-state index contributed by atoms with van der Waals surface area (Å²) in [4.78, 5) is 16.2. The van der Waals surface area contributed by atoms with E-state index < -0.39 is 5.92 Å². The molecule has 0 saturated heterocycles. The summed E-state index contributed by atoms with van der Waals surface area (Å²) in [6.07, 6.45) is 4.79. The van der Waals surface area contributed by atoms with Gasteiger partial charge in [0.2, 0.25) is 0 Å². The zero-order valence-corrected chi connectivity index (χ0v) is 10.2. The number of hydrogen-bond donors (Lipinski definition) is 0. The molecule has 0 aromatic carbocycles. The molecule has 1 atom stereocenters. The van der Waals surface area contributed by atoms with Crippen molar-refractivity contribution in [3.63, 3.8) is 0 Å². The van der Waals surface area contributed by atoms with E-state index in [0.29, 0.717) is 16.8 Å². The van der Waals surface area contributed by atoms with Gasteiger partial charge in [-0.15, -0.1) is 0 Å². The fraction of sp³-hybridized carbons (Fsp3) is 0.231. The normalized spacial score (nSPS) is 11.8. The van der Waals surface area contributed by atoms with Crippen molar-refractivity contribution in [3.8, 4) is 6.07 Å². The monoisotopic (exact) mass is 240 g/mol. The number of ketones is 1. The zero-order chi connectivity index (χ0) is 13.1. The van der Waals surface area contributed by atoms with E-state index in [1.807, 2.05) is 6.07 Å². The SMILES string of the molecule is Cc1nn(C)cc1C(=O)C(C#N)c1ccncc1. The first-order valence-electron chi connectivity index (χ1n) is 5.47. The molecule has 2 rings (SSSR count). The molecule has 0 spiro atoms. The smallest absolute Gasteiger partial charge is 0.187 e. The van der Waals surface area contributed by atoms with Crippen molar-refractivity contribution in [1.82, 2.24) is 14.8 Å². The van der Waals surface area contributed by atoms with Crippen LogP contribution < -0.4 is 0 Å². The summed E-state index contributed by atoms with van der Waals surface area (Å²) in [5.74, 6) is -1.04. The Morgan fingerprint density at radius 2 is 2.11 bits per heavy atom. The number of Topliss-reactive ketones (excluding diaryl/α,β-unsaturated/α-hetero) is 1. The van der Waals surface area contributed by atoms with Gasteiger partial charge in [-0.05, 0) is 24.6 Å². The van der Waals surface area contributed by atoms with Gasteiger partial charge in [0.25, 0.3) is 0 Å². The van der Waals surface area contributed by atoms with Crippen LogP contribution >= 0.6 is 0 Å². The van der Waals surface area contributed by atoms with Crippen LogP contribution in [0.5, 0.6) is 0 Å². The molecule has 0 aliphatic rings. The molecular weight excluding hydrogens is 228 g/mol. The van der Waals surface area contributed by atoms with Crippen LogP contribution in [-0.2, 0) is 7.05 Å². The first-order valence-corrected chi connectivity index (χ1v) is 5.47. The second-order valence-electron chi connectivity index (χ2n) is 4.01. The van der Waals surface area contributed by atoms with Crippen molar-refractivity contribution in [2.24, 2.45) is 7.05 Å². The minimum absolute atomic E-state index is 0.227. The molecular formula is C13H12N4O. The summed E-state index contributed by atoms with van der Waals surface area (Å²) >= 11 is 0. The van der Waals surface area contributed by atoms with Gasteiger partial charge in [-0.2, -0.15) is 10.4 Å². The van der Waals surface area contributed by atoms with Gasteiger partial charge >= 0.3 is 0 Å². The van der Waals surface area contributed by atoms with Crippen molar-refractivity contribution in [2.75, 3.05) is 0 Å². The molecule has 0 aliphatic carbocycles. The van der Waals surface area contributed by atoms with Crippen molar-refractivity contribution >= 4 is 5.78 Å². The van der Waals surface area contributed by atoms with Crippen molar-refractivity contribution in [3.05, 3.63) is 47.5 Å². The molecule has 5 nitrogen and oxygen atoms in total. The molecule has 18 heavy (non-hydrogen) atoms. The number of hydrogen-bond acceptors (Lipinski definition) is 4. The molecule has 0 aliphatic heterocycles. The average Bonchev–Trinajstić information content (AvgIpc) is 2.70. The van der Waals surface area contributed by atoms with E-state index in [1.54, 1.807) is 49.4 Å². The molecule has 90 valence electrons. The summed E-state index contributed by atoms with van der Waals surface area (Å²) in [5, 5.41) is 13.3. The molecule has 1 unspecified atom stereocenters. The van der Waals surface area contributed by atoms with E-state index >= 15 is 0 Å². The van der Waals surface area contributed by atoms with Crippen LogP contribution in [0.3, 0.4) is 0 Å². The van der Waals surface area contributed by atoms with Crippen LogP contribution in [0.15, 0.2) is 30.7 Å². The Labute approximate surface area is 105 Å². The lowest BCUT2D eigenvalue weighted by atomic mass is 9.93. The molecule has 0 saturated carbocycles. The lowest BCUT2D eigenvalue weighted by molar-refractivity contribution is 0.0978. The topological polar surface area (TPSA) is 71.6 Å². The highest BCUT2D eigenvalue weighted by Gasteiger charge is 2.24. The quantitative estimate of drug-likeness (QED) is 0.764. The highest BCUT2D eigenvalue weighted by Crippen LogP contribution is 2.21. The van der Waals surface area contributed by atoms with E-state index in [-0.39, 0.29) is 5.78 Å². The van der Waals surface area contributed by atoms with E-state index in [0.717, 1.165) is 0 Å². The second kappa shape index (κ2) is 4.80. The Morgan fingerprint density at radius 3 is 2.61 bits per heavy atom. The number of pyridine rings is 1. The largest absolute Gasteiger partial charge is 0.292 e. The zero-order valence-electron chi connectivity index (χ0n) is 10.2. The third-order valence-electron chi connectivity index (χ3n) is 2.71.